The van der Waals surface area contributed by atoms with E-state index < -0.39 is 5.41 Å². The lowest BCUT2D eigenvalue weighted by Crippen LogP contribution is -2.28. The molecule has 0 unspecified atom stereocenters. The highest BCUT2D eigenvalue weighted by atomic mass is 15.1. The summed E-state index contributed by atoms with van der Waals surface area (Å²) in [6, 6.07) is 94.3. The molecule has 1 aliphatic carbocycles. The Labute approximate surface area is 389 Å². The van der Waals surface area contributed by atoms with Gasteiger partial charge in [0.15, 0.2) is 0 Å². The number of hydrogen-bond acceptors (Lipinski definition) is 1. The van der Waals surface area contributed by atoms with Crippen molar-refractivity contribution in [1.82, 2.24) is 4.40 Å². The molecule has 2 heterocycles. The maximum absolute atomic E-state index is 2.49. The van der Waals surface area contributed by atoms with Crippen molar-refractivity contribution in [3.05, 3.63) is 277 Å². The molecule has 0 radical (unpaired) electrons. The summed E-state index contributed by atoms with van der Waals surface area (Å²) in [7, 11) is 0. The summed E-state index contributed by atoms with van der Waals surface area (Å²) in [4.78, 5) is 2.43. The lowest BCUT2D eigenvalue weighted by molar-refractivity contribution is 0.768. The molecular formula is C65H42N2. The standard InChI is InChI=1S/C65H42N2/c1-4-15-43(16-5-1)44-27-33-50(34-28-44)66(52-37-39-54-53-22-10-12-25-59(53)65(60(54)42-52,48-18-6-2-7-19-48)49-20-8-3-9-21-49)51-35-29-45(30-36-51)47-32-40-62-58(41-47)57-38-31-46-17-14-24-56-55-23-11-13-26-61(55)67(62)64(57)63(46)56/h1-42H. The van der Waals surface area contributed by atoms with E-state index in [1.54, 1.807) is 0 Å². The summed E-state index contributed by atoms with van der Waals surface area (Å²) in [5.41, 5.74) is 19.0. The Balaban J connectivity index is 0.936. The summed E-state index contributed by atoms with van der Waals surface area (Å²) in [6.45, 7) is 0. The van der Waals surface area contributed by atoms with E-state index in [0.717, 1.165) is 17.1 Å². The molecule has 2 nitrogen and oxygen atoms in total. The maximum atomic E-state index is 2.49. The number of aromatic nitrogens is 1. The molecule has 0 bridgehead atoms. The van der Waals surface area contributed by atoms with E-state index in [2.05, 4.69) is 264 Å². The van der Waals surface area contributed by atoms with Gasteiger partial charge in [0.05, 0.1) is 22.0 Å². The number of fused-ring (bicyclic) bond motifs is 9. The summed E-state index contributed by atoms with van der Waals surface area (Å²) >= 11 is 0. The monoisotopic (exact) mass is 850 g/mol. The van der Waals surface area contributed by atoms with E-state index in [-0.39, 0.29) is 0 Å². The molecule has 0 saturated carbocycles. The van der Waals surface area contributed by atoms with Crippen LogP contribution in [0, 0.1) is 0 Å². The first-order valence-corrected chi connectivity index (χ1v) is 23.3. The van der Waals surface area contributed by atoms with Gasteiger partial charge in [0.1, 0.15) is 0 Å². The van der Waals surface area contributed by atoms with Crippen molar-refractivity contribution in [3.63, 3.8) is 0 Å². The van der Waals surface area contributed by atoms with Crippen LogP contribution in [0.5, 0.6) is 0 Å². The van der Waals surface area contributed by atoms with Crippen LogP contribution in [0.25, 0.3) is 82.2 Å². The zero-order valence-corrected chi connectivity index (χ0v) is 36.6. The minimum Gasteiger partial charge on any atom is -0.310 e. The number of pyridine rings is 1. The Morgan fingerprint density at radius 2 is 0.866 bits per heavy atom. The molecule has 0 N–H and O–H groups in total. The maximum Gasteiger partial charge on any atom is 0.0714 e. The third-order valence-corrected chi connectivity index (χ3v) is 14.6. The fourth-order valence-electron chi connectivity index (χ4n) is 11.7. The van der Waals surface area contributed by atoms with Gasteiger partial charge in [-0.05, 0) is 121 Å². The third-order valence-electron chi connectivity index (χ3n) is 14.6. The van der Waals surface area contributed by atoms with Gasteiger partial charge in [0.2, 0.25) is 0 Å². The van der Waals surface area contributed by atoms with Crippen LogP contribution in [0.2, 0.25) is 0 Å². The van der Waals surface area contributed by atoms with E-state index in [9.17, 15) is 0 Å². The molecule has 2 heteroatoms. The quantitative estimate of drug-likeness (QED) is 0.115. The molecule has 14 rings (SSSR count). The van der Waals surface area contributed by atoms with Gasteiger partial charge in [-0.25, -0.2) is 0 Å². The van der Waals surface area contributed by atoms with Gasteiger partial charge in [0, 0.05) is 38.6 Å². The average molecular weight is 851 g/mol. The lowest BCUT2D eigenvalue weighted by atomic mass is 9.67. The predicted octanol–water partition coefficient (Wildman–Crippen LogP) is 17.2. The topological polar surface area (TPSA) is 7.65 Å². The molecule has 2 aromatic heterocycles. The first-order valence-electron chi connectivity index (χ1n) is 23.3. The average Bonchev–Trinajstić information content (AvgIpc) is 3.90. The van der Waals surface area contributed by atoms with Crippen LogP contribution in [-0.2, 0) is 5.41 Å². The van der Waals surface area contributed by atoms with Crippen LogP contribution in [0.1, 0.15) is 22.3 Å². The van der Waals surface area contributed by atoms with Crippen molar-refractivity contribution < 1.29 is 0 Å². The SMILES string of the molecule is c1ccc(-c2ccc(N(c3ccc(-c4ccc5c(c4)c4ccc6cccc7c8ccccc8n5c4c67)cc3)c3ccc4c(c3)C(c3ccccc3)(c3ccccc3)c3ccccc3-4)cc2)cc1. The predicted molar refractivity (Wildman–Crippen MR) is 281 cm³/mol. The Bertz CT molecular complexity index is 3950. The number of anilines is 3. The number of nitrogens with zero attached hydrogens (tertiary/aromatic N) is 2. The van der Waals surface area contributed by atoms with Crippen molar-refractivity contribution >= 4 is 65.9 Å². The molecule has 13 aromatic rings. The summed E-state index contributed by atoms with van der Waals surface area (Å²) in [6.07, 6.45) is 0. The fourth-order valence-corrected chi connectivity index (χ4v) is 11.7. The Morgan fingerprint density at radius 1 is 0.313 bits per heavy atom. The zero-order valence-electron chi connectivity index (χ0n) is 36.6. The highest BCUT2D eigenvalue weighted by Gasteiger charge is 2.46. The minimum atomic E-state index is -0.506. The summed E-state index contributed by atoms with van der Waals surface area (Å²) in [5, 5.41) is 7.75. The molecular weight excluding hydrogens is 809 g/mol. The van der Waals surface area contributed by atoms with E-state index in [4.69, 9.17) is 0 Å². The number of para-hydroxylation sites is 1. The Morgan fingerprint density at radius 3 is 1.60 bits per heavy atom. The van der Waals surface area contributed by atoms with E-state index in [1.165, 1.54) is 105 Å². The first kappa shape index (κ1) is 37.6. The van der Waals surface area contributed by atoms with E-state index in [1.807, 2.05) is 0 Å². The van der Waals surface area contributed by atoms with Gasteiger partial charge in [-0.3, -0.25) is 0 Å². The second-order valence-electron chi connectivity index (χ2n) is 18.0. The van der Waals surface area contributed by atoms with Gasteiger partial charge in [-0.15, -0.1) is 0 Å². The van der Waals surface area contributed by atoms with Crippen molar-refractivity contribution in [2.24, 2.45) is 0 Å². The summed E-state index contributed by atoms with van der Waals surface area (Å²) in [5.74, 6) is 0. The molecule has 67 heavy (non-hydrogen) atoms. The van der Waals surface area contributed by atoms with Crippen LogP contribution in [0.15, 0.2) is 255 Å². The van der Waals surface area contributed by atoms with Crippen molar-refractivity contribution in [1.29, 1.82) is 0 Å². The summed E-state index contributed by atoms with van der Waals surface area (Å²) < 4.78 is 2.49. The van der Waals surface area contributed by atoms with Crippen LogP contribution in [0.4, 0.5) is 17.1 Å². The Hall–Kier alpha value is -8.72. The fraction of sp³-hybridized carbons (Fsp3) is 0.0154. The van der Waals surface area contributed by atoms with Crippen LogP contribution >= 0.6 is 0 Å². The molecule has 312 valence electrons. The zero-order chi connectivity index (χ0) is 44.1. The molecule has 11 aromatic carbocycles. The van der Waals surface area contributed by atoms with Crippen molar-refractivity contribution in [2.45, 2.75) is 5.41 Å². The smallest absolute Gasteiger partial charge is 0.0714 e. The molecule has 0 saturated heterocycles. The number of benzene rings is 11. The minimum absolute atomic E-state index is 0.506. The number of rotatable bonds is 7. The third kappa shape index (κ3) is 5.51. The molecule has 0 spiro atoms. The van der Waals surface area contributed by atoms with Gasteiger partial charge in [-0.1, -0.05) is 200 Å². The van der Waals surface area contributed by atoms with Crippen LogP contribution in [0.3, 0.4) is 0 Å². The highest BCUT2D eigenvalue weighted by Crippen LogP contribution is 2.57. The molecule has 0 aliphatic heterocycles. The van der Waals surface area contributed by atoms with Gasteiger partial charge in [-0.2, -0.15) is 0 Å². The number of hydrogen-bond donors (Lipinski definition) is 0. The lowest BCUT2D eigenvalue weighted by Gasteiger charge is -2.35. The van der Waals surface area contributed by atoms with Crippen molar-refractivity contribution in [3.8, 4) is 33.4 Å². The largest absolute Gasteiger partial charge is 0.310 e. The van der Waals surface area contributed by atoms with E-state index in [0.29, 0.717) is 0 Å². The first-order chi connectivity index (χ1) is 33.2. The van der Waals surface area contributed by atoms with E-state index >= 15 is 0 Å². The van der Waals surface area contributed by atoms with Crippen LogP contribution in [-0.4, -0.2) is 4.40 Å². The second kappa shape index (κ2) is 14.7. The normalized spacial score (nSPS) is 12.9. The van der Waals surface area contributed by atoms with Crippen molar-refractivity contribution in [2.75, 3.05) is 4.90 Å². The molecule has 0 amide bonds. The molecule has 1 aliphatic rings. The van der Waals surface area contributed by atoms with Gasteiger partial charge >= 0.3 is 0 Å². The molecule has 0 fully saturated rings. The second-order valence-corrected chi connectivity index (χ2v) is 18.0. The van der Waals surface area contributed by atoms with Gasteiger partial charge in [0.25, 0.3) is 0 Å². The van der Waals surface area contributed by atoms with Gasteiger partial charge < -0.3 is 9.30 Å². The molecule has 0 atom stereocenters. The van der Waals surface area contributed by atoms with Crippen LogP contribution < -0.4 is 4.90 Å². The Kier molecular flexibility index (Phi) is 8.23. The highest BCUT2D eigenvalue weighted by molar-refractivity contribution is 6.28.